The molecule has 2 rings (SSSR count). The summed E-state index contributed by atoms with van der Waals surface area (Å²) in [6, 6.07) is 4.05. The smallest absolute Gasteiger partial charge is 0.231 e. The van der Waals surface area contributed by atoms with Crippen molar-refractivity contribution in [1.82, 2.24) is 5.32 Å². The third-order valence-electron chi connectivity index (χ3n) is 2.67. The zero-order valence-corrected chi connectivity index (χ0v) is 9.71. The minimum Gasteiger partial charge on any atom is -0.454 e. The van der Waals surface area contributed by atoms with Crippen LogP contribution in [0, 0.1) is 0 Å². The maximum absolute atomic E-state index is 5.48. The molecule has 1 N–H and O–H groups in total. The van der Waals surface area contributed by atoms with Crippen molar-refractivity contribution in [2.75, 3.05) is 27.5 Å². The van der Waals surface area contributed by atoms with Crippen LogP contribution in [0.1, 0.15) is 11.1 Å². The van der Waals surface area contributed by atoms with Gasteiger partial charge in [0.15, 0.2) is 11.5 Å². The number of rotatable bonds is 5. The van der Waals surface area contributed by atoms with Gasteiger partial charge < -0.3 is 19.5 Å². The molecule has 1 heterocycles. The average molecular weight is 223 g/mol. The summed E-state index contributed by atoms with van der Waals surface area (Å²) in [4.78, 5) is 0. The highest BCUT2D eigenvalue weighted by molar-refractivity contribution is 5.52. The lowest BCUT2D eigenvalue weighted by Gasteiger charge is -2.11. The van der Waals surface area contributed by atoms with E-state index in [9.17, 15) is 0 Å². The van der Waals surface area contributed by atoms with Crippen LogP contribution in [0.25, 0.3) is 0 Å². The summed E-state index contributed by atoms with van der Waals surface area (Å²) in [5.74, 6) is 1.66. The lowest BCUT2D eigenvalue weighted by molar-refractivity contribution is 0.162. The van der Waals surface area contributed by atoms with Gasteiger partial charge in [-0.15, -0.1) is 0 Å². The molecule has 0 bridgehead atoms. The van der Waals surface area contributed by atoms with E-state index in [0.717, 1.165) is 30.0 Å². The fraction of sp³-hybridized carbons (Fsp3) is 0.500. The van der Waals surface area contributed by atoms with Gasteiger partial charge in [0, 0.05) is 12.7 Å². The molecule has 4 nitrogen and oxygen atoms in total. The standard InChI is InChI=1S/C12H17NO3/c1-13-6-5-9-3-4-11-12(16-8-15-11)10(9)7-14-2/h3-4,13H,5-8H2,1-2H3. The van der Waals surface area contributed by atoms with Crippen LogP contribution in [0.15, 0.2) is 12.1 Å². The Morgan fingerprint density at radius 3 is 3.00 bits per heavy atom. The summed E-state index contributed by atoms with van der Waals surface area (Å²) < 4.78 is 16.0. The molecule has 1 aliphatic rings. The van der Waals surface area contributed by atoms with Crippen LogP contribution in [0.4, 0.5) is 0 Å². The van der Waals surface area contributed by atoms with Gasteiger partial charge in [0.25, 0.3) is 0 Å². The van der Waals surface area contributed by atoms with Crippen molar-refractivity contribution in [2.45, 2.75) is 13.0 Å². The van der Waals surface area contributed by atoms with Crippen LogP contribution in [-0.2, 0) is 17.8 Å². The molecule has 1 aromatic carbocycles. The van der Waals surface area contributed by atoms with E-state index < -0.39 is 0 Å². The first kappa shape index (κ1) is 11.2. The normalized spacial score (nSPS) is 13.1. The first-order valence-electron chi connectivity index (χ1n) is 5.40. The molecule has 88 valence electrons. The Balaban J connectivity index is 2.29. The topological polar surface area (TPSA) is 39.7 Å². The molecule has 0 radical (unpaired) electrons. The van der Waals surface area contributed by atoms with Crippen molar-refractivity contribution in [3.63, 3.8) is 0 Å². The Kier molecular flexibility index (Phi) is 3.64. The molecule has 0 fully saturated rings. The molecule has 0 atom stereocenters. The van der Waals surface area contributed by atoms with Crippen molar-refractivity contribution in [3.05, 3.63) is 23.3 Å². The molecule has 1 aromatic rings. The van der Waals surface area contributed by atoms with E-state index in [1.807, 2.05) is 13.1 Å². The number of ether oxygens (including phenoxy) is 3. The van der Waals surface area contributed by atoms with Crippen LogP contribution < -0.4 is 14.8 Å². The molecule has 0 aliphatic carbocycles. The predicted octanol–water partition coefficient (Wildman–Crippen LogP) is 1.32. The number of benzene rings is 1. The SMILES string of the molecule is CNCCc1ccc2c(c1COC)OCO2. The highest BCUT2D eigenvalue weighted by atomic mass is 16.7. The van der Waals surface area contributed by atoms with Gasteiger partial charge in [-0.2, -0.15) is 0 Å². The van der Waals surface area contributed by atoms with Gasteiger partial charge >= 0.3 is 0 Å². The number of hydrogen-bond acceptors (Lipinski definition) is 4. The fourth-order valence-corrected chi connectivity index (χ4v) is 1.87. The summed E-state index contributed by atoms with van der Waals surface area (Å²) in [5, 5.41) is 3.14. The Bertz CT molecular complexity index is 366. The van der Waals surface area contributed by atoms with Crippen molar-refractivity contribution in [1.29, 1.82) is 0 Å². The molecule has 0 unspecified atom stereocenters. The quantitative estimate of drug-likeness (QED) is 0.817. The van der Waals surface area contributed by atoms with Crippen molar-refractivity contribution in [2.24, 2.45) is 0 Å². The van der Waals surface area contributed by atoms with Gasteiger partial charge in [0.2, 0.25) is 6.79 Å². The van der Waals surface area contributed by atoms with E-state index in [4.69, 9.17) is 14.2 Å². The van der Waals surface area contributed by atoms with Gasteiger partial charge in [-0.1, -0.05) is 6.07 Å². The van der Waals surface area contributed by atoms with E-state index in [2.05, 4.69) is 11.4 Å². The Morgan fingerprint density at radius 2 is 2.25 bits per heavy atom. The average Bonchev–Trinajstić information content (AvgIpc) is 2.76. The van der Waals surface area contributed by atoms with Gasteiger partial charge in [-0.05, 0) is 31.6 Å². The van der Waals surface area contributed by atoms with Crippen molar-refractivity contribution in [3.8, 4) is 11.5 Å². The van der Waals surface area contributed by atoms with E-state index in [1.54, 1.807) is 7.11 Å². The van der Waals surface area contributed by atoms with Crippen LogP contribution in [0.3, 0.4) is 0 Å². The second-order valence-electron chi connectivity index (χ2n) is 3.72. The number of hydrogen-bond donors (Lipinski definition) is 1. The second kappa shape index (κ2) is 5.18. The van der Waals surface area contributed by atoms with E-state index in [-0.39, 0.29) is 0 Å². The first-order chi connectivity index (χ1) is 7.86. The summed E-state index contributed by atoms with van der Waals surface area (Å²) in [6.45, 7) is 1.81. The minimum atomic E-state index is 0.307. The van der Waals surface area contributed by atoms with Crippen LogP contribution in [-0.4, -0.2) is 27.5 Å². The molecule has 16 heavy (non-hydrogen) atoms. The number of methoxy groups -OCH3 is 1. The molecular weight excluding hydrogens is 206 g/mol. The highest BCUT2D eigenvalue weighted by Gasteiger charge is 2.20. The van der Waals surface area contributed by atoms with E-state index in [0.29, 0.717) is 13.4 Å². The van der Waals surface area contributed by atoms with Crippen molar-refractivity contribution < 1.29 is 14.2 Å². The third-order valence-corrected chi connectivity index (χ3v) is 2.67. The van der Waals surface area contributed by atoms with E-state index >= 15 is 0 Å². The number of fused-ring (bicyclic) bond motifs is 1. The Morgan fingerprint density at radius 1 is 1.38 bits per heavy atom. The number of nitrogens with one attached hydrogen (secondary N) is 1. The molecule has 0 aromatic heterocycles. The first-order valence-corrected chi connectivity index (χ1v) is 5.40. The Hall–Kier alpha value is -1.26. The monoisotopic (exact) mass is 223 g/mol. The molecular formula is C12H17NO3. The van der Waals surface area contributed by atoms with Crippen LogP contribution in [0.2, 0.25) is 0 Å². The molecule has 0 spiro atoms. The van der Waals surface area contributed by atoms with E-state index in [1.165, 1.54) is 5.56 Å². The molecule has 0 amide bonds. The molecule has 1 aliphatic heterocycles. The lowest BCUT2D eigenvalue weighted by atomic mass is 10.0. The van der Waals surface area contributed by atoms with Gasteiger partial charge in [0.05, 0.1) is 6.61 Å². The summed E-state index contributed by atoms with van der Waals surface area (Å²) in [6.07, 6.45) is 0.964. The summed E-state index contributed by atoms with van der Waals surface area (Å²) >= 11 is 0. The third kappa shape index (κ3) is 2.13. The summed E-state index contributed by atoms with van der Waals surface area (Å²) in [7, 11) is 3.64. The second-order valence-corrected chi connectivity index (χ2v) is 3.72. The molecule has 4 heteroatoms. The van der Waals surface area contributed by atoms with Crippen LogP contribution in [0.5, 0.6) is 11.5 Å². The maximum Gasteiger partial charge on any atom is 0.231 e. The van der Waals surface area contributed by atoms with Gasteiger partial charge in [-0.3, -0.25) is 0 Å². The Labute approximate surface area is 95.5 Å². The number of likely N-dealkylation sites (N-methyl/N-ethyl adjacent to an activating group) is 1. The highest BCUT2D eigenvalue weighted by Crippen LogP contribution is 2.37. The van der Waals surface area contributed by atoms with Crippen LogP contribution >= 0.6 is 0 Å². The fourth-order valence-electron chi connectivity index (χ4n) is 1.87. The lowest BCUT2D eigenvalue weighted by Crippen LogP contribution is -2.12. The largest absolute Gasteiger partial charge is 0.454 e. The van der Waals surface area contributed by atoms with Crippen molar-refractivity contribution >= 4 is 0 Å². The summed E-state index contributed by atoms with van der Waals surface area (Å²) in [5.41, 5.74) is 2.35. The van der Waals surface area contributed by atoms with Gasteiger partial charge in [0.1, 0.15) is 0 Å². The maximum atomic E-state index is 5.48. The molecule has 0 saturated heterocycles. The predicted molar refractivity (Wildman–Crippen MR) is 60.9 cm³/mol. The molecule has 0 saturated carbocycles. The zero-order valence-electron chi connectivity index (χ0n) is 9.71. The van der Waals surface area contributed by atoms with Gasteiger partial charge in [-0.25, -0.2) is 0 Å². The minimum absolute atomic E-state index is 0.307. The zero-order chi connectivity index (χ0) is 11.4.